The summed E-state index contributed by atoms with van der Waals surface area (Å²) in [6, 6.07) is 11.9. The maximum Gasteiger partial charge on any atom is 0.337 e. The Morgan fingerprint density at radius 1 is 1.07 bits per heavy atom. The lowest BCUT2D eigenvalue weighted by Gasteiger charge is -2.07. The fourth-order valence-electron chi connectivity index (χ4n) is 2.61. The van der Waals surface area contributed by atoms with E-state index < -0.39 is 23.6 Å². The molecule has 10 heteroatoms. The van der Waals surface area contributed by atoms with E-state index in [0.717, 1.165) is 0 Å². The van der Waals surface area contributed by atoms with E-state index in [1.165, 1.54) is 42.1 Å². The Morgan fingerprint density at radius 2 is 1.77 bits per heavy atom. The zero-order chi connectivity index (χ0) is 21.7. The number of nitrogens with one attached hydrogen (secondary N) is 2. The van der Waals surface area contributed by atoms with Gasteiger partial charge < -0.3 is 15.4 Å². The van der Waals surface area contributed by atoms with E-state index in [1.807, 2.05) is 0 Å². The Morgan fingerprint density at radius 3 is 2.43 bits per heavy atom. The first-order valence-electron chi connectivity index (χ1n) is 8.83. The molecule has 0 spiro atoms. The lowest BCUT2D eigenvalue weighted by atomic mass is 10.2. The van der Waals surface area contributed by atoms with Gasteiger partial charge in [0.2, 0.25) is 5.91 Å². The van der Waals surface area contributed by atoms with E-state index in [9.17, 15) is 18.8 Å². The Bertz CT molecular complexity index is 1090. The van der Waals surface area contributed by atoms with Gasteiger partial charge in [-0.2, -0.15) is 0 Å². The molecule has 0 saturated heterocycles. The number of carbonyl (C=O) groups is 3. The standard InChI is InChI=1S/C20H18FN5O4/c1-12-18(19(28)23-16-6-4-3-5-15(16)21)24-25-26(12)11-17(27)22-14-9-7-13(8-10-14)20(29)30-2/h3-10H,11H2,1-2H3,(H,22,27)(H,23,28). The van der Waals surface area contributed by atoms with Crippen LogP contribution in [0.3, 0.4) is 0 Å². The number of nitrogens with zero attached hydrogens (tertiary/aromatic N) is 3. The highest BCUT2D eigenvalue weighted by molar-refractivity contribution is 6.03. The first-order chi connectivity index (χ1) is 14.4. The fraction of sp³-hybridized carbons (Fsp3) is 0.150. The zero-order valence-corrected chi connectivity index (χ0v) is 16.2. The van der Waals surface area contributed by atoms with Gasteiger partial charge in [0, 0.05) is 5.69 Å². The predicted molar refractivity (Wildman–Crippen MR) is 106 cm³/mol. The van der Waals surface area contributed by atoms with Crippen molar-refractivity contribution in [2.45, 2.75) is 13.5 Å². The van der Waals surface area contributed by atoms with Gasteiger partial charge in [-0.25, -0.2) is 13.9 Å². The minimum absolute atomic E-state index is 0.0181. The molecule has 154 valence electrons. The van der Waals surface area contributed by atoms with Gasteiger partial charge in [-0.15, -0.1) is 5.10 Å². The van der Waals surface area contributed by atoms with E-state index in [-0.39, 0.29) is 17.9 Å². The maximum atomic E-state index is 13.7. The summed E-state index contributed by atoms with van der Waals surface area (Å²) >= 11 is 0. The van der Waals surface area contributed by atoms with Crippen LogP contribution in [-0.4, -0.2) is 39.9 Å². The predicted octanol–water partition coefficient (Wildman–Crippen LogP) is 2.40. The van der Waals surface area contributed by atoms with Crippen LogP contribution < -0.4 is 10.6 Å². The number of esters is 1. The highest BCUT2D eigenvalue weighted by Gasteiger charge is 2.19. The Labute approximate surface area is 170 Å². The third kappa shape index (κ3) is 4.66. The minimum Gasteiger partial charge on any atom is -0.465 e. The molecule has 2 N–H and O–H groups in total. The maximum absolute atomic E-state index is 13.7. The smallest absolute Gasteiger partial charge is 0.337 e. The Kier molecular flexibility index (Phi) is 6.16. The molecule has 0 aliphatic rings. The average Bonchev–Trinajstić information content (AvgIpc) is 3.09. The molecule has 0 unspecified atom stereocenters. The minimum atomic E-state index is -0.636. The summed E-state index contributed by atoms with van der Waals surface area (Å²) in [4.78, 5) is 36.1. The van der Waals surface area contributed by atoms with Crippen molar-refractivity contribution in [1.82, 2.24) is 15.0 Å². The molecule has 2 aromatic carbocycles. The first-order valence-corrected chi connectivity index (χ1v) is 8.83. The van der Waals surface area contributed by atoms with Crippen LogP contribution in [0.2, 0.25) is 0 Å². The summed E-state index contributed by atoms with van der Waals surface area (Å²) in [5, 5.41) is 12.7. The van der Waals surface area contributed by atoms with Gasteiger partial charge in [0.1, 0.15) is 12.4 Å². The molecule has 0 fully saturated rings. The lowest BCUT2D eigenvalue weighted by Crippen LogP contribution is -2.21. The van der Waals surface area contributed by atoms with Crippen LogP contribution in [0.4, 0.5) is 15.8 Å². The average molecular weight is 411 g/mol. The van der Waals surface area contributed by atoms with E-state index >= 15 is 0 Å². The van der Waals surface area contributed by atoms with Crippen LogP contribution in [-0.2, 0) is 16.1 Å². The molecule has 9 nitrogen and oxygen atoms in total. The number of benzene rings is 2. The van der Waals surface area contributed by atoms with E-state index in [1.54, 1.807) is 25.1 Å². The van der Waals surface area contributed by atoms with Crippen LogP contribution in [0.1, 0.15) is 26.5 Å². The molecule has 0 aliphatic carbocycles. The number of halogens is 1. The van der Waals surface area contributed by atoms with Gasteiger partial charge in [0.25, 0.3) is 5.91 Å². The highest BCUT2D eigenvalue weighted by atomic mass is 19.1. The van der Waals surface area contributed by atoms with Crippen molar-refractivity contribution in [2.24, 2.45) is 0 Å². The van der Waals surface area contributed by atoms with E-state index in [2.05, 4.69) is 25.7 Å². The molecule has 1 aromatic heterocycles. The number of carbonyl (C=O) groups excluding carboxylic acids is 3. The molecule has 3 rings (SSSR count). The van der Waals surface area contributed by atoms with Crippen molar-refractivity contribution < 1.29 is 23.5 Å². The Balaban J connectivity index is 1.64. The number of rotatable bonds is 6. The topological polar surface area (TPSA) is 115 Å². The monoisotopic (exact) mass is 411 g/mol. The van der Waals surface area contributed by atoms with Crippen molar-refractivity contribution in [2.75, 3.05) is 17.7 Å². The number of hydrogen-bond donors (Lipinski definition) is 2. The van der Waals surface area contributed by atoms with Crippen LogP contribution in [0.15, 0.2) is 48.5 Å². The number of para-hydroxylation sites is 1. The van der Waals surface area contributed by atoms with Crippen LogP contribution in [0.25, 0.3) is 0 Å². The fourth-order valence-corrected chi connectivity index (χ4v) is 2.61. The van der Waals surface area contributed by atoms with Gasteiger partial charge in [0.05, 0.1) is 24.1 Å². The molecule has 0 aliphatic heterocycles. The third-order valence-corrected chi connectivity index (χ3v) is 4.20. The molecule has 0 atom stereocenters. The quantitative estimate of drug-likeness (QED) is 0.602. The van der Waals surface area contributed by atoms with E-state index in [4.69, 9.17) is 0 Å². The summed E-state index contributed by atoms with van der Waals surface area (Å²) in [5.74, 6) is -2.10. The molecule has 3 aromatic rings. The number of ether oxygens (including phenoxy) is 1. The first kappa shape index (κ1) is 20.6. The van der Waals surface area contributed by atoms with Gasteiger partial charge in [-0.05, 0) is 43.3 Å². The number of amides is 2. The molecular weight excluding hydrogens is 393 g/mol. The van der Waals surface area contributed by atoms with Gasteiger partial charge in [0.15, 0.2) is 5.69 Å². The number of hydrogen-bond acceptors (Lipinski definition) is 6. The second-order valence-electron chi connectivity index (χ2n) is 6.23. The van der Waals surface area contributed by atoms with Crippen LogP contribution in [0.5, 0.6) is 0 Å². The van der Waals surface area contributed by atoms with Crippen LogP contribution >= 0.6 is 0 Å². The second kappa shape index (κ2) is 8.95. The molecule has 2 amide bonds. The molecule has 30 heavy (non-hydrogen) atoms. The number of aromatic nitrogens is 3. The largest absolute Gasteiger partial charge is 0.465 e. The molecule has 0 bridgehead atoms. The zero-order valence-electron chi connectivity index (χ0n) is 16.2. The summed E-state index contributed by atoms with van der Waals surface area (Å²) in [5.41, 5.74) is 1.18. The van der Waals surface area contributed by atoms with Crippen molar-refractivity contribution in [3.8, 4) is 0 Å². The highest BCUT2D eigenvalue weighted by Crippen LogP contribution is 2.15. The van der Waals surface area contributed by atoms with Crippen molar-refractivity contribution in [3.05, 3.63) is 71.3 Å². The summed E-state index contributed by atoms with van der Waals surface area (Å²) in [7, 11) is 1.28. The van der Waals surface area contributed by atoms with Crippen molar-refractivity contribution >= 4 is 29.2 Å². The van der Waals surface area contributed by atoms with E-state index in [0.29, 0.717) is 16.9 Å². The summed E-state index contributed by atoms with van der Waals surface area (Å²) < 4.78 is 19.6. The normalized spacial score (nSPS) is 10.4. The second-order valence-corrected chi connectivity index (χ2v) is 6.23. The van der Waals surface area contributed by atoms with Crippen LogP contribution in [0, 0.1) is 12.7 Å². The third-order valence-electron chi connectivity index (χ3n) is 4.20. The Hall–Kier alpha value is -4.08. The lowest BCUT2D eigenvalue weighted by molar-refractivity contribution is -0.117. The van der Waals surface area contributed by atoms with Crippen molar-refractivity contribution in [1.29, 1.82) is 0 Å². The van der Waals surface area contributed by atoms with Gasteiger partial charge >= 0.3 is 5.97 Å². The van der Waals surface area contributed by atoms with Gasteiger partial charge in [-0.3, -0.25) is 9.59 Å². The molecule has 1 heterocycles. The molecular formula is C20H18FN5O4. The van der Waals surface area contributed by atoms with Crippen molar-refractivity contribution in [3.63, 3.8) is 0 Å². The summed E-state index contributed by atoms with van der Waals surface area (Å²) in [6.07, 6.45) is 0. The molecule has 0 radical (unpaired) electrons. The summed E-state index contributed by atoms with van der Waals surface area (Å²) in [6.45, 7) is 1.39. The SMILES string of the molecule is COC(=O)c1ccc(NC(=O)Cn2nnc(C(=O)Nc3ccccc3F)c2C)cc1. The number of anilines is 2. The van der Waals surface area contributed by atoms with Gasteiger partial charge in [-0.1, -0.05) is 17.3 Å². The molecule has 0 saturated carbocycles. The number of methoxy groups -OCH3 is 1.